The van der Waals surface area contributed by atoms with Crippen LogP contribution in [0.3, 0.4) is 0 Å². The second-order valence-electron chi connectivity index (χ2n) is 7.31. The van der Waals surface area contributed by atoms with Crippen LogP contribution in [0.4, 0.5) is 11.4 Å². The van der Waals surface area contributed by atoms with Crippen LogP contribution in [0.2, 0.25) is 10.0 Å². The molecule has 0 atom stereocenters. The van der Waals surface area contributed by atoms with Crippen LogP contribution in [0.25, 0.3) is 0 Å². The molecule has 0 bridgehead atoms. The third-order valence-corrected chi connectivity index (χ3v) is 5.23. The van der Waals surface area contributed by atoms with E-state index in [1.165, 1.54) is 6.07 Å². The SMILES string of the molecule is CCCCOC(=O)c1ccc(NC(=O)COC(=O)CCCC(=O)Nc2ccc(Cl)c(Cl)c2)cc1. The van der Waals surface area contributed by atoms with Crippen molar-refractivity contribution in [2.75, 3.05) is 23.8 Å². The highest BCUT2D eigenvalue weighted by Gasteiger charge is 2.11. The van der Waals surface area contributed by atoms with Crippen molar-refractivity contribution in [3.63, 3.8) is 0 Å². The number of unbranched alkanes of at least 4 members (excludes halogenated alkanes) is 1. The zero-order chi connectivity index (χ0) is 24.9. The van der Waals surface area contributed by atoms with Crippen LogP contribution in [0, 0.1) is 0 Å². The van der Waals surface area contributed by atoms with E-state index >= 15 is 0 Å². The monoisotopic (exact) mass is 508 g/mol. The quantitative estimate of drug-likeness (QED) is 0.299. The molecule has 0 heterocycles. The lowest BCUT2D eigenvalue weighted by atomic mass is 10.2. The maximum atomic E-state index is 12.0. The molecule has 2 rings (SSSR count). The molecule has 2 aromatic rings. The third-order valence-electron chi connectivity index (χ3n) is 4.49. The van der Waals surface area contributed by atoms with Crippen LogP contribution in [0.15, 0.2) is 42.5 Å². The van der Waals surface area contributed by atoms with Crippen molar-refractivity contribution in [1.82, 2.24) is 0 Å². The van der Waals surface area contributed by atoms with E-state index in [-0.39, 0.29) is 25.2 Å². The maximum absolute atomic E-state index is 12.0. The minimum absolute atomic E-state index is 0.0170. The van der Waals surface area contributed by atoms with Gasteiger partial charge in [-0.3, -0.25) is 14.4 Å². The third kappa shape index (κ3) is 9.80. The van der Waals surface area contributed by atoms with Crippen molar-refractivity contribution in [2.24, 2.45) is 0 Å². The first-order valence-electron chi connectivity index (χ1n) is 10.8. The van der Waals surface area contributed by atoms with Gasteiger partial charge in [-0.05, 0) is 55.3 Å². The van der Waals surface area contributed by atoms with Gasteiger partial charge < -0.3 is 20.1 Å². The smallest absolute Gasteiger partial charge is 0.338 e. The van der Waals surface area contributed by atoms with E-state index < -0.39 is 24.5 Å². The number of hydrogen-bond donors (Lipinski definition) is 2. The van der Waals surface area contributed by atoms with E-state index in [2.05, 4.69) is 10.6 Å². The van der Waals surface area contributed by atoms with Gasteiger partial charge in [0.1, 0.15) is 0 Å². The number of rotatable bonds is 12. The van der Waals surface area contributed by atoms with Gasteiger partial charge in [0.2, 0.25) is 5.91 Å². The van der Waals surface area contributed by atoms with Crippen molar-refractivity contribution < 1.29 is 28.7 Å². The Morgan fingerprint density at radius 3 is 2.15 bits per heavy atom. The zero-order valence-corrected chi connectivity index (χ0v) is 20.2. The molecule has 2 N–H and O–H groups in total. The van der Waals surface area contributed by atoms with Crippen LogP contribution >= 0.6 is 23.2 Å². The molecule has 0 aliphatic rings. The molecule has 2 amide bonds. The second kappa shape index (κ2) is 14.2. The lowest BCUT2D eigenvalue weighted by Crippen LogP contribution is -2.21. The van der Waals surface area contributed by atoms with Crippen LogP contribution < -0.4 is 10.6 Å². The summed E-state index contributed by atoms with van der Waals surface area (Å²) in [7, 11) is 0. The Hall–Kier alpha value is -3.10. The van der Waals surface area contributed by atoms with E-state index in [4.69, 9.17) is 32.7 Å². The summed E-state index contributed by atoms with van der Waals surface area (Å²) >= 11 is 11.7. The molecular formula is C24H26Cl2N2O6. The van der Waals surface area contributed by atoms with E-state index in [0.717, 1.165) is 12.8 Å². The summed E-state index contributed by atoms with van der Waals surface area (Å²) in [6.07, 6.45) is 2.05. The molecule has 0 saturated heterocycles. The number of carbonyl (C=O) groups excluding carboxylic acids is 4. The van der Waals surface area contributed by atoms with Crippen LogP contribution in [-0.4, -0.2) is 37.0 Å². The van der Waals surface area contributed by atoms with Crippen molar-refractivity contribution in [3.05, 3.63) is 58.1 Å². The number of amides is 2. The van der Waals surface area contributed by atoms with Gasteiger partial charge in [-0.25, -0.2) is 4.79 Å². The van der Waals surface area contributed by atoms with Gasteiger partial charge in [-0.1, -0.05) is 36.5 Å². The molecule has 0 spiro atoms. The van der Waals surface area contributed by atoms with Gasteiger partial charge >= 0.3 is 11.9 Å². The second-order valence-corrected chi connectivity index (χ2v) is 8.12. The molecule has 2 aromatic carbocycles. The summed E-state index contributed by atoms with van der Waals surface area (Å²) in [5.74, 6) is -1.83. The summed E-state index contributed by atoms with van der Waals surface area (Å²) < 4.78 is 10.1. The fraction of sp³-hybridized carbons (Fsp3) is 0.333. The summed E-state index contributed by atoms with van der Waals surface area (Å²) in [6.45, 7) is 1.90. The van der Waals surface area contributed by atoms with Crippen molar-refractivity contribution in [3.8, 4) is 0 Å². The van der Waals surface area contributed by atoms with Crippen LogP contribution in [0.1, 0.15) is 49.4 Å². The Balaban J connectivity index is 1.64. The first-order chi connectivity index (χ1) is 16.3. The highest BCUT2D eigenvalue weighted by atomic mass is 35.5. The molecule has 0 aliphatic heterocycles. The van der Waals surface area contributed by atoms with Crippen molar-refractivity contribution in [2.45, 2.75) is 39.0 Å². The van der Waals surface area contributed by atoms with E-state index in [1.54, 1.807) is 36.4 Å². The Morgan fingerprint density at radius 2 is 1.47 bits per heavy atom. The summed E-state index contributed by atoms with van der Waals surface area (Å²) in [5, 5.41) is 5.93. The Bertz CT molecular complexity index is 1010. The maximum Gasteiger partial charge on any atom is 0.338 e. The fourth-order valence-corrected chi connectivity index (χ4v) is 2.99. The number of carbonyl (C=O) groups is 4. The number of ether oxygens (including phenoxy) is 2. The predicted octanol–water partition coefficient (Wildman–Crippen LogP) is 5.24. The van der Waals surface area contributed by atoms with Crippen molar-refractivity contribution >= 4 is 58.3 Å². The normalized spacial score (nSPS) is 10.3. The molecule has 8 nitrogen and oxygen atoms in total. The first kappa shape index (κ1) is 27.1. The molecule has 0 saturated carbocycles. The number of anilines is 2. The van der Waals surface area contributed by atoms with E-state index in [0.29, 0.717) is 33.6 Å². The lowest BCUT2D eigenvalue weighted by molar-refractivity contribution is -0.147. The molecule has 0 aliphatic carbocycles. The summed E-state index contributed by atoms with van der Waals surface area (Å²) in [4.78, 5) is 47.6. The molecule has 34 heavy (non-hydrogen) atoms. The molecular weight excluding hydrogens is 483 g/mol. The van der Waals surface area contributed by atoms with Crippen molar-refractivity contribution in [1.29, 1.82) is 0 Å². The van der Waals surface area contributed by atoms with Crippen LogP contribution in [0.5, 0.6) is 0 Å². The molecule has 182 valence electrons. The molecule has 0 radical (unpaired) electrons. The summed E-state index contributed by atoms with van der Waals surface area (Å²) in [6, 6.07) is 10.9. The van der Waals surface area contributed by atoms with E-state index in [9.17, 15) is 19.2 Å². The highest BCUT2D eigenvalue weighted by molar-refractivity contribution is 6.42. The predicted molar refractivity (Wildman–Crippen MR) is 130 cm³/mol. The highest BCUT2D eigenvalue weighted by Crippen LogP contribution is 2.25. The Labute approximate surface area is 207 Å². The molecule has 10 heteroatoms. The standard InChI is InChI=1S/C24H26Cl2N2O6/c1-2-3-13-33-24(32)16-7-9-17(10-8-16)27-22(30)15-34-23(31)6-4-5-21(29)28-18-11-12-19(25)20(26)14-18/h7-12,14H,2-6,13,15H2,1H3,(H,27,30)(H,28,29). The van der Waals surface area contributed by atoms with Crippen LogP contribution in [-0.2, 0) is 23.9 Å². The summed E-state index contributed by atoms with van der Waals surface area (Å²) in [5.41, 5.74) is 1.33. The largest absolute Gasteiger partial charge is 0.462 e. The number of nitrogens with one attached hydrogen (secondary N) is 2. The van der Waals surface area contributed by atoms with Gasteiger partial charge in [0.25, 0.3) is 5.91 Å². The van der Waals surface area contributed by atoms with Gasteiger partial charge in [0.05, 0.1) is 22.2 Å². The number of halogens is 2. The van der Waals surface area contributed by atoms with Gasteiger partial charge in [-0.15, -0.1) is 0 Å². The minimum atomic E-state index is -0.595. The molecule has 0 unspecified atom stereocenters. The van der Waals surface area contributed by atoms with E-state index in [1.807, 2.05) is 6.92 Å². The average molecular weight is 509 g/mol. The lowest BCUT2D eigenvalue weighted by Gasteiger charge is -2.08. The molecule has 0 fully saturated rings. The topological polar surface area (TPSA) is 111 Å². The minimum Gasteiger partial charge on any atom is -0.462 e. The number of esters is 2. The van der Waals surface area contributed by atoms with Gasteiger partial charge in [-0.2, -0.15) is 0 Å². The zero-order valence-electron chi connectivity index (χ0n) is 18.7. The first-order valence-corrected chi connectivity index (χ1v) is 11.5. The average Bonchev–Trinajstić information content (AvgIpc) is 2.80. The van der Waals surface area contributed by atoms with Gasteiger partial charge in [0.15, 0.2) is 6.61 Å². The van der Waals surface area contributed by atoms with Gasteiger partial charge in [0, 0.05) is 24.2 Å². The Kier molecular flexibility index (Phi) is 11.4. The molecule has 0 aromatic heterocycles. The fourth-order valence-electron chi connectivity index (χ4n) is 2.69. The number of hydrogen-bond acceptors (Lipinski definition) is 6. The Morgan fingerprint density at radius 1 is 0.794 bits per heavy atom. The number of benzene rings is 2.